The van der Waals surface area contributed by atoms with Crippen molar-refractivity contribution in [1.29, 1.82) is 0 Å². The minimum atomic E-state index is -1.87. The normalized spacial score (nSPS) is 21.0. The standard InChI is InChI=1S/C84H158N2O17/c1-5-8-11-14-17-20-34-40-45-50-55-60-70(100-75(93)61-56-51-46-41-36-33-31-29-27-25-23-21-22-24-26-28-30-32-35-39-42-47-52-57-67(4)88)64-74(92)86-78-82(103-76(94)63-69(90)59-54-49-44-38-19-16-13-10-7-3)80(96)71(65-87)102-84(78)99-66-72-79(95)81(97)77(83(98)101-72)85-73(91)62-68(89)58-53-48-43-37-18-15-12-9-6-2/h67-72,77-82,84,87-90,95-97H,5-66H2,1-4H3,(H,85,91)(H,86,92)/t67?,68?,69?,70?,71-,72-,77-,78-,79-,80-,81-,82-,84-/m1/s1. The van der Waals surface area contributed by atoms with Crippen LogP contribution in [0.25, 0.3) is 0 Å². The van der Waals surface area contributed by atoms with Gasteiger partial charge in [0, 0.05) is 6.42 Å². The number of amides is 2. The van der Waals surface area contributed by atoms with Crippen LogP contribution in [-0.4, -0.2) is 158 Å². The van der Waals surface area contributed by atoms with E-state index in [1.54, 1.807) is 0 Å². The Hall–Kier alpha value is -3.01. The third-order valence-electron chi connectivity index (χ3n) is 21.2. The first-order valence-electron chi connectivity index (χ1n) is 43.2. The molecule has 0 aromatic heterocycles. The Bertz CT molecular complexity index is 2020. The van der Waals surface area contributed by atoms with Crippen LogP contribution in [0.2, 0.25) is 0 Å². The molecular formula is C84H158N2O17. The second-order valence-electron chi connectivity index (χ2n) is 31.2. The van der Waals surface area contributed by atoms with Gasteiger partial charge in [-0.3, -0.25) is 19.2 Å². The number of hydrogen-bond donors (Lipinski definition) is 9. The summed E-state index contributed by atoms with van der Waals surface area (Å²) in [4.78, 5) is 68.4. The van der Waals surface area contributed by atoms with Crippen molar-refractivity contribution in [2.45, 2.75) is 492 Å². The molecular weight excluding hydrogens is 1310 g/mol. The SMILES string of the molecule is CCCCCCCCCCCCCC(CC(=O)N[C@H]1[C@H](OC[C@H]2OC(=O)[C@H](NC(=O)CC(O)CCCCCCCCCCC)[C@@H](O)[C@@H]2O)O[C@H](CO)[C@@H](O)[C@@H]1OC(=O)CC(O)CCCCCCCCCCC)OC(=O)CCCCCCCCCCCCCCCCCCCCCCCCCC(C)O. The lowest BCUT2D eigenvalue weighted by Crippen LogP contribution is -2.67. The van der Waals surface area contributed by atoms with Gasteiger partial charge in [-0.1, -0.05) is 342 Å². The molecule has 2 fully saturated rings. The summed E-state index contributed by atoms with van der Waals surface area (Å²) in [7, 11) is 0. The van der Waals surface area contributed by atoms with Crippen molar-refractivity contribution in [3.63, 3.8) is 0 Å². The Morgan fingerprint density at radius 3 is 1.17 bits per heavy atom. The fraction of sp³-hybridized carbons (Fsp3) is 0.940. The summed E-state index contributed by atoms with van der Waals surface area (Å²) in [5, 5.41) is 81.2. The van der Waals surface area contributed by atoms with Crippen LogP contribution in [0, 0.1) is 0 Å². The van der Waals surface area contributed by atoms with Crippen molar-refractivity contribution in [2.24, 2.45) is 0 Å². The lowest BCUT2D eigenvalue weighted by Gasteiger charge is -2.44. The van der Waals surface area contributed by atoms with Gasteiger partial charge in [0.25, 0.3) is 0 Å². The molecule has 0 radical (unpaired) electrons. The molecule has 0 spiro atoms. The molecule has 4 unspecified atom stereocenters. The van der Waals surface area contributed by atoms with Gasteiger partial charge in [0.2, 0.25) is 11.8 Å². The van der Waals surface area contributed by atoms with E-state index in [0.29, 0.717) is 38.5 Å². The van der Waals surface area contributed by atoms with E-state index in [1.807, 2.05) is 6.92 Å². The number of carbonyl (C=O) groups excluding carboxylic acids is 5. The molecule has 0 aromatic carbocycles. The second kappa shape index (κ2) is 66.0. The zero-order chi connectivity index (χ0) is 75.2. The number of rotatable bonds is 72. The Labute approximate surface area is 626 Å². The maximum absolute atomic E-state index is 14.5. The third kappa shape index (κ3) is 51.1. The Morgan fingerprint density at radius 1 is 0.417 bits per heavy atom. The van der Waals surface area contributed by atoms with Crippen LogP contribution in [0.15, 0.2) is 0 Å². The molecule has 606 valence electrons. The van der Waals surface area contributed by atoms with Crippen LogP contribution in [0.5, 0.6) is 0 Å². The summed E-state index contributed by atoms with van der Waals surface area (Å²) in [5.74, 6) is -3.75. The molecule has 0 saturated carbocycles. The van der Waals surface area contributed by atoms with Crippen molar-refractivity contribution < 1.29 is 83.4 Å². The van der Waals surface area contributed by atoms with Gasteiger partial charge in [-0.05, 0) is 45.4 Å². The molecule has 19 heteroatoms. The van der Waals surface area contributed by atoms with Gasteiger partial charge >= 0.3 is 17.9 Å². The van der Waals surface area contributed by atoms with E-state index in [2.05, 4.69) is 31.4 Å². The Kier molecular flexibility index (Phi) is 61.6. The van der Waals surface area contributed by atoms with E-state index in [0.717, 1.165) is 109 Å². The smallest absolute Gasteiger partial charge is 0.331 e. The number of esters is 3. The number of aliphatic hydroxyl groups excluding tert-OH is 7. The Morgan fingerprint density at radius 2 is 0.777 bits per heavy atom. The topological polar surface area (TPSA) is 297 Å². The summed E-state index contributed by atoms with van der Waals surface area (Å²) >= 11 is 0. The molecule has 9 N–H and O–H groups in total. The van der Waals surface area contributed by atoms with Crippen LogP contribution >= 0.6 is 0 Å². The first-order chi connectivity index (χ1) is 50.0. The van der Waals surface area contributed by atoms with Crippen LogP contribution in [0.1, 0.15) is 413 Å². The zero-order valence-corrected chi connectivity index (χ0v) is 66.1. The molecule has 2 aliphatic rings. The van der Waals surface area contributed by atoms with E-state index >= 15 is 0 Å². The highest BCUT2D eigenvalue weighted by molar-refractivity contribution is 5.86. The molecule has 2 heterocycles. The zero-order valence-electron chi connectivity index (χ0n) is 66.1. The van der Waals surface area contributed by atoms with Crippen LogP contribution < -0.4 is 10.6 Å². The van der Waals surface area contributed by atoms with Gasteiger partial charge in [-0.2, -0.15) is 0 Å². The van der Waals surface area contributed by atoms with Gasteiger partial charge in [-0.25, -0.2) is 4.79 Å². The van der Waals surface area contributed by atoms with Crippen molar-refractivity contribution in [3.05, 3.63) is 0 Å². The number of cyclic esters (lactones) is 1. The second-order valence-corrected chi connectivity index (χ2v) is 31.2. The largest absolute Gasteiger partial charge is 0.462 e. The van der Waals surface area contributed by atoms with E-state index in [4.69, 9.17) is 23.7 Å². The molecule has 2 amide bonds. The van der Waals surface area contributed by atoms with Gasteiger partial charge in [-0.15, -0.1) is 0 Å². The number of nitrogens with one attached hydrogen (secondary N) is 2. The number of aliphatic hydroxyl groups is 7. The number of ether oxygens (including phenoxy) is 5. The lowest BCUT2D eigenvalue weighted by atomic mass is 9.95. The van der Waals surface area contributed by atoms with Gasteiger partial charge in [0.1, 0.15) is 36.6 Å². The highest BCUT2D eigenvalue weighted by atomic mass is 16.7. The van der Waals surface area contributed by atoms with Gasteiger partial charge in [0.15, 0.2) is 24.5 Å². The molecule has 2 saturated heterocycles. The average Bonchev–Trinajstić information content (AvgIpc) is 0.796. The Balaban J connectivity index is 2.08. The van der Waals surface area contributed by atoms with E-state index in [1.165, 1.54) is 212 Å². The summed E-state index contributed by atoms with van der Waals surface area (Å²) in [5.41, 5.74) is 0. The maximum Gasteiger partial charge on any atom is 0.331 e. The van der Waals surface area contributed by atoms with Gasteiger partial charge in [0.05, 0.1) is 50.8 Å². The predicted molar refractivity (Wildman–Crippen MR) is 411 cm³/mol. The fourth-order valence-corrected chi connectivity index (χ4v) is 14.6. The summed E-state index contributed by atoms with van der Waals surface area (Å²) in [6, 6.07) is -3.19. The van der Waals surface area contributed by atoms with Crippen LogP contribution in [0.4, 0.5) is 0 Å². The molecule has 0 aliphatic carbocycles. The van der Waals surface area contributed by atoms with Crippen molar-refractivity contribution in [3.8, 4) is 0 Å². The number of hydrogen-bond acceptors (Lipinski definition) is 17. The molecule has 13 atom stereocenters. The van der Waals surface area contributed by atoms with Crippen LogP contribution in [-0.2, 0) is 47.7 Å². The number of carbonyl (C=O) groups is 5. The van der Waals surface area contributed by atoms with Crippen LogP contribution in [0.3, 0.4) is 0 Å². The molecule has 2 rings (SSSR count). The van der Waals surface area contributed by atoms with Crippen molar-refractivity contribution in [2.75, 3.05) is 13.2 Å². The number of unbranched alkanes of at least 4 members (excludes halogenated alkanes) is 48. The predicted octanol–water partition coefficient (Wildman–Crippen LogP) is 17.1. The van der Waals surface area contributed by atoms with E-state index < -0.39 is 123 Å². The lowest BCUT2D eigenvalue weighted by molar-refractivity contribution is -0.283. The third-order valence-corrected chi connectivity index (χ3v) is 21.2. The highest BCUT2D eigenvalue weighted by Gasteiger charge is 2.51. The fourth-order valence-electron chi connectivity index (χ4n) is 14.6. The summed E-state index contributed by atoms with van der Waals surface area (Å²) in [6.07, 6.45) is 46.8. The van der Waals surface area contributed by atoms with Crippen molar-refractivity contribution in [1.82, 2.24) is 10.6 Å². The summed E-state index contributed by atoms with van der Waals surface area (Å²) < 4.78 is 29.7. The monoisotopic (exact) mass is 1470 g/mol. The van der Waals surface area contributed by atoms with Gasteiger partial charge < -0.3 is 70.1 Å². The first kappa shape index (κ1) is 96.1. The average molecular weight is 1470 g/mol. The summed E-state index contributed by atoms with van der Waals surface area (Å²) in [6.45, 7) is 7.00. The molecule has 0 bridgehead atoms. The molecule has 2 aliphatic heterocycles. The molecule has 0 aromatic rings. The quantitative estimate of drug-likeness (QED) is 0.0155. The highest BCUT2D eigenvalue weighted by Crippen LogP contribution is 2.29. The van der Waals surface area contributed by atoms with E-state index in [-0.39, 0.29) is 25.4 Å². The minimum Gasteiger partial charge on any atom is -0.462 e. The molecule has 19 nitrogen and oxygen atoms in total. The van der Waals surface area contributed by atoms with E-state index in [9.17, 15) is 59.7 Å². The maximum atomic E-state index is 14.5. The first-order valence-corrected chi connectivity index (χ1v) is 43.2. The van der Waals surface area contributed by atoms with Crippen molar-refractivity contribution >= 4 is 29.7 Å². The minimum absolute atomic E-state index is 0.161. The molecule has 103 heavy (non-hydrogen) atoms.